The number of ketones is 1. The van der Waals surface area contributed by atoms with Crippen molar-refractivity contribution in [1.29, 1.82) is 0 Å². The summed E-state index contributed by atoms with van der Waals surface area (Å²) in [7, 11) is -2.30. The molecule has 2 aromatic rings. The number of sulfone groups is 1. The average molecular weight is 394 g/mol. The maximum Gasteiger partial charge on any atom is 0.283 e. The number of hydrogen-bond donors (Lipinski definition) is 1. The number of methoxy groups -OCH3 is 1. The molecule has 0 fully saturated rings. The van der Waals surface area contributed by atoms with E-state index in [-0.39, 0.29) is 38.8 Å². The first-order valence-electron chi connectivity index (χ1n) is 7.39. The van der Waals surface area contributed by atoms with Crippen LogP contribution < -0.4 is 11.3 Å². The Morgan fingerprint density at radius 1 is 1.35 bits per heavy atom. The Balaban J connectivity index is 2.25. The molecule has 0 aromatic carbocycles. The first-order chi connectivity index (χ1) is 12.3. The van der Waals surface area contributed by atoms with E-state index in [0.717, 1.165) is 15.9 Å². The number of nitrogens with zero attached hydrogens (tertiary/aromatic N) is 3. The fraction of sp³-hybridized carbons (Fsp3) is 0.200. The van der Waals surface area contributed by atoms with Gasteiger partial charge in [0.1, 0.15) is 5.82 Å². The molecule has 2 N–H and O–H groups in total. The minimum atomic E-state index is -3.66. The highest BCUT2D eigenvalue weighted by Crippen LogP contribution is 2.23. The molecule has 0 unspecified atom stereocenters. The molecule has 0 saturated heterocycles. The maximum atomic E-state index is 12.3. The number of carbonyl (C=O) groups is 1. The van der Waals surface area contributed by atoms with Crippen molar-refractivity contribution >= 4 is 44.0 Å². The number of anilines is 1. The molecule has 1 aliphatic rings. The van der Waals surface area contributed by atoms with Gasteiger partial charge in [-0.15, -0.1) is 0 Å². The zero-order chi connectivity index (χ0) is 19.1. The third-order valence-electron chi connectivity index (χ3n) is 3.69. The van der Waals surface area contributed by atoms with E-state index in [1.807, 2.05) is 0 Å². The molecule has 0 amide bonds. The minimum absolute atomic E-state index is 0.00375. The van der Waals surface area contributed by atoms with Crippen LogP contribution in [0.4, 0.5) is 5.82 Å². The molecule has 2 aromatic heterocycles. The van der Waals surface area contributed by atoms with Gasteiger partial charge in [0.15, 0.2) is 5.76 Å². The topological polar surface area (TPSA) is 134 Å². The third kappa shape index (κ3) is 2.95. The fourth-order valence-corrected chi connectivity index (χ4v) is 4.27. The van der Waals surface area contributed by atoms with Crippen molar-refractivity contribution in [2.24, 2.45) is 0 Å². The normalized spacial score (nSPS) is 16.3. The molecule has 11 heteroatoms. The summed E-state index contributed by atoms with van der Waals surface area (Å²) in [6, 6.07) is 0. The van der Waals surface area contributed by atoms with E-state index in [2.05, 4.69) is 9.36 Å². The molecular formula is C15H14N4O5S2. The van der Waals surface area contributed by atoms with Crippen molar-refractivity contribution in [2.45, 2.75) is 12.1 Å². The van der Waals surface area contributed by atoms with Crippen molar-refractivity contribution in [3.05, 3.63) is 45.5 Å². The summed E-state index contributed by atoms with van der Waals surface area (Å²) in [5.41, 5.74) is 5.92. The largest absolute Gasteiger partial charge is 0.493 e. The minimum Gasteiger partial charge on any atom is -0.493 e. The van der Waals surface area contributed by atoms with Crippen molar-refractivity contribution in [3.8, 4) is 0 Å². The van der Waals surface area contributed by atoms with E-state index in [0.29, 0.717) is 5.57 Å². The molecule has 136 valence electrons. The highest BCUT2D eigenvalue weighted by Gasteiger charge is 2.23. The van der Waals surface area contributed by atoms with Crippen LogP contribution in [-0.4, -0.2) is 40.8 Å². The van der Waals surface area contributed by atoms with Crippen LogP contribution in [0.15, 0.2) is 39.5 Å². The predicted octanol–water partition coefficient (Wildman–Crippen LogP) is 0.579. The van der Waals surface area contributed by atoms with E-state index in [9.17, 15) is 18.0 Å². The molecule has 0 radical (unpaired) electrons. The van der Waals surface area contributed by atoms with Crippen LogP contribution in [0.2, 0.25) is 0 Å². The first-order valence-corrected chi connectivity index (χ1v) is 9.81. The Morgan fingerprint density at radius 2 is 2.08 bits per heavy atom. The highest BCUT2D eigenvalue weighted by atomic mass is 32.2. The number of allylic oxidation sites excluding steroid dienone is 4. The standard InChI is InChI=1S/C15H14N4O5S2/c1-3-26(22,23)15-18-25-14-17-13(21)9(12(16)19(14)15)6-8-4-5-10(20)11(7-8)24-2/h4-7H,3,16H2,1-2H3. The van der Waals surface area contributed by atoms with E-state index in [1.54, 1.807) is 0 Å². The van der Waals surface area contributed by atoms with Crippen molar-refractivity contribution in [1.82, 2.24) is 13.8 Å². The maximum absolute atomic E-state index is 12.3. The first kappa shape index (κ1) is 18.0. The van der Waals surface area contributed by atoms with Crippen molar-refractivity contribution in [2.75, 3.05) is 18.6 Å². The van der Waals surface area contributed by atoms with E-state index in [4.69, 9.17) is 10.5 Å². The zero-order valence-electron chi connectivity index (χ0n) is 13.8. The lowest BCUT2D eigenvalue weighted by Crippen LogP contribution is -2.19. The van der Waals surface area contributed by atoms with Gasteiger partial charge in [-0.25, -0.2) is 12.8 Å². The summed E-state index contributed by atoms with van der Waals surface area (Å²) in [5.74, 6) is -0.455. The van der Waals surface area contributed by atoms with Crippen molar-refractivity contribution < 1.29 is 17.9 Å². The third-order valence-corrected chi connectivity index (χ3v) is 6.10. The second kappa shape index (κ2) is 6.50. The van der Waals surface area contributed by atoms with Gasteiger partial charge in [0.05, 0.1) is 18.4 Å². The summed E-state index contributed by atoms with van der Waals surface area (Å²) in [5, 5.41) is -0.257. The summed E-state index contributed by atoms with van der Waals surface area (Å²) in [6.07, 6.45) is 5.66. The van der Waals surface area contributed by atoms with Gasteiger partial charge in [0.25, 0.3) is 5.56 Å². The number of aromatic nitrogens is 3. The van der Waals surface area contributed by atoms with Gasteiger partial charge in [-0.05, 0) is 23.8 Å². The number of nitrogen functional groups attached to an aromatic ring is 1. The zero-order valence-corrected chi connectivity index (χ0v) is 15.4. The van der Waals surface area contributed by atoms with Gasteiger partial charge in [0, 0.05) is 11.5 Å². The van der Waals surface area contributed by atoms with E-state index in [1.165, 1.54) is 38.3 Å². The van der Waals surface area contributed by atoms with Crippen LogP contribution in [0.1, 0.15) is 12.5 Å². The highest BCUT2D eigenvalue weighted by molar-refractivity contribution is 7.91. The van der Waals surface area contributed by atoms with Crippen LogP contribution in [0.25, 0.3) is 11.0 Å². The van der Waals surface area contributed by atoms with Gasteiger partial charge < -0.3 is 10.5 Å². The summed E-state index contributed by atoms with van der Waals surface area (Å²) in [6.45, 7) is 1.48. The molecule has 0 atom stereocenters. The number of carbonyl (C=O) groups excluding carboxylic acids is 1. The Hall–Kier alpha value is -2.79. The quantitative estimate of drug-likeness (QED) is 0.796. The lowest BCUT2D eigenvalue weighted by Gasteiger charge is -2.09. The predicted molar refractivity (Wildman–Crippen MR) is 96.5 cm³/mol. The molecule has 1 aliphatic carbocycles. The number of nitrogens with two attached hydrogens (primary N) is 1. The summed E-state index contributed by atoms with van der Waals surface area (Å²) < 4.78 is 34.4. The number of ether oxygens (including phenoxy) is 1. The van der Waals surface area contributed by atoms with Gasteiger partial charge >= 0.3 is 0 Å². The fourth-order valence-electron chi connectivity index (χ4n) is 2.30. The second-order valence-electron chi connectivity index (χ2n) is 5.26. The molecule has 9 nitrogen and oxygen atoms in total. The second-order valence-corrected chi connectivity index (χ2v) is 8.16. The molecule has 3 rings (SSSR count). The Kier molecular flexibility index (Phi) is 4.50. The smallest absolute Gasteiger partial charge is 0.283 e. The Bertz CT molecular complexity index is 1170. The SMILES string of the molecule is CCS(=O)(=O)c1nsc2nc(=O)c(C=C3C=CC(=O)C(OC)=C3)c(N)n12. The van der Waals surface area contributed by atoms with Crippen LogP contribution >= 0.6 is 11.5 Å². The molecule has 0 spiro atoms. The van der Waals surface area contributed by atoms with Gasteiger partial charge in [0.2, 0.25) is 25.7 Å². The molecular weight excluding hydrogens is 380 g/mol. The molecule has 0 bridgehead atoms. The van der Waals surface area contributed by atoms with Crippen LogP contribution in [0.3, 0.4) is 0 Å². The number of hydrogen-bond acceptors (Lipinski definition) is 9. The molecule has 0 aliphatic heterocycles. The Labute approximate surface area is 152 Å². The summed E-state index contributed by atoms with van der Waals surface area (Å²) in [4.78, 5) is 27.9. The number of rotatable bonds is 4. The van der Waals surface area contributed by atoms with Crippen LogP contribution in [-0.2, 0) is 19.4 Å². The lowest BCUT2D eigenvalue weighted by molar-refractivity contribution is -0.114. The van der Waals surface area contributed by atoms with Crippen LogP contribution in [0.5, 0.6) is 0 Å². The lowest BCUT2D eigenvalue weighted by atomic mass is 10.0. The van der Waals surface area contributed by atoms with E-state index >= 15 is 0 Å². The Morgan fingerprint density at radius 3 is 2.73 bits per heavy atom. The molecule has 0 saturated carbocycles. The van der Waals surface area contributed by atoms with Crippen molar-refractivity contribution in [3.63, 3.8) is 0 Å². The van der Waals surface area contributed by atoms with Crippen LogP contribution in [0, 0.1) is 0 Å². The molecule has 2 heterocycles. The summed E-state index contributed by atoms with van der Waals surface area (Å²) >= 11 is 0.775. The van der Waals surface area contributed by atoms with E-state index < -0.39 is 15.4 Å². The van der Waals surface area contributed by atoms with Gasteiger partial charge in [-0.1, -0.05) is 13.0 Å². The number of fused-ring (bicyclic) bond motifs is 1. The van der Waals surface area contributed by atoms with Gasteiger partial charge in [-0.2, -0.15) is 9.36 Å². The molecule has 26 heavy (non-hydrogen) atoms. The van der Waals surface area contributed by atoms with Gasteiger partial charge in [-0.3, -0.25) is 9.59 Å². The average Bonchev–Trinajstić information content (AvgIpc) is 3.04. The monoisotopic (exact) mass is 394 g/mol.